The van der Waals surface area contributed by atoms with E-state index < -0.39 is 18.3 Å². The van der Waals surface area contributed by atoms with Gasteiger partial charge in [-0.2, -0.15) is 0 Å². The molecule has 1 amide bonds. The van der Waals surface area contributed by atoms with Crippen molar-refractivity contribution in [2.45, 2.75) is 18.1 Å². The van der Waals surface area contributed by atoms with Gasteiger partial charge in [-0.05, 0) is 44.3 Å². The van der Waals surface area contributed by atoms with E-state index in [1.54, 1.807) is 12.3 Å². The number of aliphatic hydroxyl groups excluding tert-OH is 2. The minimum Gasteiger partial charge on any atom is -0.449 e. The molecule has 0 spiro atoms. The number of carbonyl (C=O) groups is 1. The number of amides is 1. The Bertz CT molecular complexity index is 974. The zero-order chi connectivity index (χ0) is 20.4. The van der Waals surface area contributed by atoms with Crippen molar-refractivity contribution in [3.8, 4) is 11.1 Å². The van der Waals surface area contributed by atoms with Crippen molar-refractivity contribution in [3.05, 3.63) is 82.1 Å². The van der Waals surface area contributed by atoms with Crippen LogP contribution in [0.25, 0.3) is 11.1 Å². The molecule has 4 rings (SSSR count). The fourth-order valence-corrected chi connectivity index (χ4v) is 4.07. The molecular formula is C22H21BrN2O4. The molecule has 1 aromatic heterocycles. The summed E-state index contributed by atoms with van der Waals surface area (Å²) < 4.78 is 6.19. The molecule has 3 aromatic rings. The molecule has 0 radical (unpaired) electrons. The van der Waals surface area contributed by atoms with Crippen molar-refractivity contribution in [3.63, 3.8) is 0 Å². The van der Waals surface area contributed by atoms with Crippen LogP contribution >= 0.6 is 15.9 Å². The molecule has 0 saturated heterocycles. The van der Waals surface area contributed by atoms with Crippen LogP contribution in [0.15, 0.2) is 65.3 Å². The highest BCUT2D eigenvalue weighted by Crippen LogP contribution is 2.44. The number of halogens is 1. The first kappa shape index (κ1) is 19.7. The lowest BCUT2D eigenvalue weighted by Gasteiger charge is -2.18. The molecule has 6 nitrogen and oxygen atoms in total. The van der Waals surface area contributed by atoms with Crippen molar-refractivity contribution >= 4 is 22.0 Å². The molecule has 1 aliphatic carbocycles. The molecular weight excluding hydrogens is 436 g/mol. The standard InChI is InChI=1S/C22H21BrN2O4/c23-13-9-19(24-10-13)21(27)20(26)11-25-22(28)29-12-18-16-7-3-1-5-14(16)15-6-2-4-8-17(15)18/h1-10,18,20-21,24,26-27H,11-12H2,(H,25,28). The molecule has 0 saturated carbocycles. The van der Waals surface area contributed by atoms with Gasteiger partial charge < -0.3 is 25.3 Å². The van der Waals surface area contributed by atoms with E-state index in [9.17, 15) is 15.0 Å². The molecule has 0 aliphatic heterocycles. The maximum absolute atomic E-state index is 12.2. The summed E-state index contributed by atoms with van der Waals surface area (Å²) in [5.74, 6) is -0.0278. The minimum atomic E-state index is -1.17. The molecule has 7 heteroatoms. The molecule has 2 aromatic carbocycles. The summed E-state index contributed by atoms with van der Waals surface area (Å²) in [4.78, 5) is 15.0. The SMILES string of the molecule is O=C(NCC(O)C(O)c1cc(Br)c[nH]1)OCC1c2ccccc2-c2ccccc21. The van der Waals surface area contributed by atoms with Crippen molar-refractivity contribution < 1.29 is 19.7 Å². The van der Waals surface area contributed by atoms with Gasteiger partial charge in [-0.25, -0.2) is 4.79 Å². The van der Waals surface area contributed by atoms with E-state index in [4.69, 9.17) is 4.74 Å². The Balaban J connectivity index is 1.34. The number of alkyl carbamates (subject to hydrolysis) is 1. The topological polar surface area (TPSA) is 94.6 Å². The van der Waals surface area contributed by atoms with Crippen molar-refractivity contribution in [1.82, 2.24) is 10.3 Å². The van der Waals surface area contributed by atoms with Gasteiger partial charge in [0.1, 0.15) is 18.8 Å². The largest absolute Gasteiger partial charge is 0.449 e. The van der Waals surface area contributed by atoms with E-state index in [0.717, 1.165) is 26.7 Å². The zero-order valence-electron chi connectivity index (χ0n) is 15.5. The zero-order valence-corrected chi connectivity index (χ0v) is 17.1. The second kappa shape index (κ2) is 8.41. The van der Waals surface area contributed by atoms with Gasteiger partial charge in [-0.15, -0.1) is 0 Å². The number of hydrogen-bond donors (Lipinski definition) is 4. The van der Waals surface area contributed by atoms with Gasteiger partial charge in [-0.1, -0.05) is 48.5 Å². The molecule has 0 fully saturated rings. The monoisotopic (exact) mass is 456 g/mol. The van der Waals surface area contributed by atoms with Gasteiger partial charge in [0.15, 0.2) is 0 Å². The number of aliphatic hydroxyl groups is 2. The molecule has 1 aliphatic rings. The molecule has 4 N–H and O–H groups in total. The first-order chi connectivity index (χ1) is 14.0. The van der Waals surface area contributed by atoms with Crippen LogP contribution in [0.1, 0.15) is 28.8 Å². The molecule has 29 heavy (non-hydrogen) atoms. The smallest absolute Gasteiger partial charge is 0.407 e. The lowest BCUT2D eigenvalue weighted by Crippen LogP contribution is -2.36. The van der Waals surface area contributed by atoms with E-state index in [1.807, 2.05) is 24.3 Å². The highest BCUT2D eigenvalue weighted by Gasteiger charge is 2.29. The third-order valence-corrected chi connectivity index (χ3v) is 5.61. The summed E-state index contributed by atoms with van der Waals surface area (Å²) in [6.45, 7) is 0.0660. The number of hydrogen-bond acceptors (Lipinski definition) is 4. The summed E-state index contributed by atoms with van der Waals surface area (Å²) in [6, 6.07) is 17.9. The van der Waals surface area contributed by atoms with E-state index >= 15 is 0 Å². The summed E-state index contributed by atoms with van der Waals surface area (Å²) in [7, 11) is 0. The Morgan fingerprint density at radius 3 is 2.31 bits per heavy atom. The Labute approximate surface area is 176 Å². The van der Waals surface area contributed by atoms with Gasteiger partial charge in [0.25, 0.3) is 0 Å². The number of nitrogens with one attached hydrogen (secondary N) is 2. The van der Waals surface area contributed by atoms with Crippen LogP contribution in [0.2, 0.25) is 0 Å². The summed E-state index contributed by atoms with van der Waals surface area (Å²) in [6.07, 6.45) is -1.29. The minimum absolute atomic E-state index is 0.0278. The fourth-order valence-electron chi connectivity index (χ4n) is 3.71. The number of aromatic nitrogens is 1. The Kier molecular flexibility index (Phi) is 5.71. The summed E-state index contributed by atoms with van der Waals surface area (Å²) in [5.41, 5.74) is 5.04. The van der Waals surface area contributed by atoms with Gasteiger partial charge in [-0.3, -0.25) is 0 Å². The number of fused-ring (bicyclic) bond motifs is 3. The Hall–Kier alpha value is -2.61. The van der Waals surface area contributed by atoms with Crippen LogP contribution < -0.4 is 5.32 Å². The molecule has 1 heterocycles. The van der Waals surface area contributed by atoms with Gasteiger partial charge in [0, 0.05) is 28.8 Å². The Morgan fingerprint density at radius 2 is 1.72 bits per heavy atom. The summed E-state index contributed by atoms with van der Waals surface area (Å²) in [5, 5.41) is 22.8. The number of carbonyl (C=O) groups excluding carboxylic acids is 1. The summed E-state index contributed by atoms with van der Waals surface area (Å²) >= 11 is 3.27. The number of aromatic amines is 1. The third kappa shape index (κ3) is 4.07. The number of H-pyrrole nitrogens is 1. The van der Waals surface area contributed by atoms with Gasteiger partial charge in [0.2, 0.25) is 0 Å². The molecule has 2 atom stereocenters. The number of ether oxygens (including phenoxy) is 1. The predicted octanol–water partition coefficient (Wildman–Crippen LogP) is 3.71. The quantitative estimate of drug-likeness (QED) is 0.454. The molecule has 2 unspecified atom stereocenters. The predicted molar refractivity (Wildman–Crippen MR) is 113 cm³/mol. The lowest BCUT2D eigenvalue weighted by molar-refractivity contribution is 0.0163. The maximum Gasteiger partial charge on any atom is 0.407 e. The number of benzene rings is 2. The van der Waals surface area contributed by atoms with Crippen LogP contribution in [0.4, 0.5) is 4.79 Å². The molecule has 0 bridgehead atoms. The van der Waals surface area contributed by atoms with Crippen molar-refractivity contribution in [2.24, 2.45) is 0 Å². The third-order valence-electron chi connectivity index (χ3n) is 5.15. The molecule has 150 valence electrons. The van der Waals surface area contributed by atoms with E-state index in [0.29, 0.717) is 5.69 Å². The highest BCUT2D eigenvalue weighted by molar-refractivity contribution is 9.10. The van der Waals surface area contributed by atoms with Crippen molar-refractivity contribution in [1.29, 1.82) is 0 Å². The average Bonchev–Trinajstić information content (AvgIpc) is 3.31. The maximum atomic E-state index is 12.2. The second-order valence-electron chi connectivity index (χ2n) is 6.99. The normalized spacial score (nSPS) is 14.7. The number of rotatable bonds is 6. The van der Waals surface area contributed by atoms with Crippen LogP contribution in [0.5, 0.6) is 0 Å². The van der Waals surface area contributed by atoms with Crippen LogP contribution in [0.3, 0.4) is 0 Å². The first-order valence-corrected chi connectivity index (χ1v) is 10.1. The van der Waals surface area contributed by atoms with Crippen LogP contribution in [0, 0.1) is 0 Å². The van der Waals surface area contributed by atoms with Crippen LogP contribution in [-0.2, 0) is 4.74 Å². The van der Waals surface area contributed by atoms with Gasteiger partial charge in [0.05, 0.1) is 0 Å². The van der Waals surface area contributed by atoms with Gasteiger partial charge >= 0.3 is 6.09 Å². The highest BCUT2D eigenvalue weighted by atomic mass is 79.9. The second-order valence-corrected chi connectivity index (χ2v) is 7.91. The van der Waals surface area contributed by atoms with Crippen LogP contribution in [-0.4, -0.2) is 40.5 Å². The first-order valence-electron chi connectivity index (χ1n) is 9.33. The van der Waals surface area contributed by atoms with Crippen molar-refractivity contribution in [2.75, 3.05) is 13.2 Å². The fraction of sp³-hybridized carbons (Fsp3) is 0.227. The van der Waals surface area contributed by atoms with E-state index in [2.05, 4.69) is 50.5 Å². The lowest BCUT2D eigenvalue weighted by atomic mass is 9.98. The Morgan fingerprint density at radius 1 is 1.10 bits per heavy atom. The average molecular weight is 457 g/mol. The van der Waals surface area contributed by atoms with E-state index in [-0.39, 0.29) is 19.1 Å². The van der Waals surface area contributed by atoms with E-state index in [1.165, 1.54) is 0 Å².